The van der Waals surface area contributed by atoms with E-state index in [2.05, 4.69) is 0 Å². The van der Waals surface area contributed by atoms with Gasteiger partial charge in [0.25, 0.3) is 0 Å². The van der Waals surface area contributed by atoms with Crippen LogP contribution < -0.4 is 0 Å². The number of ketones is 1. The molecule has 0 aliphatic rings. The van der Waals surface area contributed by atoms with E-state index in [1.807, 2.05) is 0 Å². The average molecular weight is 292 g/mol. The van der Waals surface area contributed by atoms with Gasteiger partial charge in [-0.1, -0.05) is 0 Å². The first-order chi connectivity index (χ1) is 8.93. The Morgan fingerprint density at radius 2 is 1.79 bits per heavy atom. The van der Waals surface area contributed by atoms with Gasteiger partial charge in [-0.2, -0.15) is 13.2 Å². The highest BCUT2D eigenvalue weighted by Gasteiger charge is 2.29. The number of rotatable bonds is 7. The summed E-state index contributed by atoms with van der Waals surface area (Å²) in [5.74, 6) is 0.559. The molecule has 0 aliphatic carbocycles. The number of benzene rings is 1. The molecule has 1 aromatic carbocycles. The Morgan fingerprint density at radius 1 is 1.16 bits per heavy atom. The lowest BCUT2D eigenvalue weighted by atomic mass is 10.2. The van der Waals surface area contributed by atoms with Crippen molar-refractivity contribution >= 4 is 17.5 Å². The van der Waals surface area contributed by atoms with Crippen molar-refractivity contribution in [1.82, 2.24) is 0 Å². The number of carbonyl (C=O) groups is 1. The normalized spacial score (nSPS) is 11.6. The Hall–Kier alpha value is -1.01. The van der Waals surface area contributed by atoms with Crippen molar-refractivity contribution in [2.45, 2.75) is 30.3 Å². The fraction of sp³-hybridized carbons (Fsp3) is 0.462. The number of hydrogen-bond donors (Lipinski definition) is 1. The Balaban J connectivity index is 2.29. The lowest BCUT2D eigenvalue weighted by molar-refractivity contribution is -0.137. The Labute approximate surface area is 114 Å². The van der Waals surface area contributed by atoms with Crippen LogP contribution in [0, 0.1) is 0 Å². The van der Waals surface area contributed by atoms with Crippen molar-refractivity contribution in [3.05, 3.63) is 29.8 Å². The van der Waals surface area contributed by atoms with Gasteiger partial charge in [-0.3, -0.25) is 4.79 Å². The van der Waals surface area contributed by atoms with Crippen LogP contribution in [0.25, 0.3) is 0 Å². The zero-order chi connectivity index (χ0) is 14.3. The largest absolute Gasteiger partial charge is 0.416 e. The molecule has 0 unspecified atom stereocenters. The zero-order valence-corrected chi connectivity index (χ0v) is 11.1. The van der Waals surface area contributed by atoms with Gasteiger partial charge in [0.2, 0.25) is 0 Å². The first-order valence-electron chi connectivity index (χ1n) is 5.86. The van der Waals surface area contributed by atoms with E-state index in [0.29, 0.717) is 12.8 Å². The standard InChI is InChI=1S/C13H15F3O2S/c14-13(15,16)10-4-6-12(7-5-10)19-8-2-1-3-11(18)9-17/h4-7,17H,1-3,8-9H2. The number of thioether (sulfide) groups is 1. The lowest BCUT2D eigenvalue weighted by Gasteiger charge is -2.07. The van der Waals surface area contributed by atoms with Crippen LogP contribution >= 0.6 is 11.8 Å². The molecule has 0 aromatic heterocycles. The number of halogens is 3. The SMILES string of the molecule is O=C(CO)CCCCSc1ccc(C(F)(F)F)cc1. The van der Waals surface area contributed by atoms with Crippen LogP contribution in [0.4, 0.5) is 13.2 Å². The number of Topliss-reactive ketones (excluding diaryl/α,β-unsaturated/α-hetero) is 1. The minimum atomic E-state index is -4.30. The summed E-state index contributed by atoms with van der Waals surface area (Å²) in [7, 11) is 0. The summed E-state index contributed by atoms with van der Waals surface area (Å²) in [4.78, 5) is 11.6. The summed E-state index contributed by atoms with van der Waals surface area (Å²) in [5, 5.41) is 8.51. The van der Waals surface area contributed by atoms with Crippen LogP contribution in [-0.4, -0.2) is 23.2 Å². The summed E-state index contributed by atoms with van der Waals surface area (Å²) in [5.41, 5.74) is -0.648. The maximum Gasteiger partial charge on any atom is 0.416 e. The van der Waals surface area contributed by atoms with Gasteiger partial charge in [0, 0.05) is 11.3 Å². The number of carbonyl (C=O) groups excluding carboxylic acids is 1. The van der Waals surface area contributed by atoms with Gasteiger partial charge in [-0.25, -0.2) is 0 Å². The summed E-state index contributed by atoms with van der Waals surface area (Å²) < 4.78 is 37.0. The fourth-order valence-corrected chi connectivity index (χ4v) is 2.35. The first kappa shape index (κ1) is 16.0. The van der Waals surface area contributed by atoms with E-state index in [9.17, 15) is 18.0 Å². The van der Waals surface area contributed by atoms with Crippen LogP contribution in [0.15, 0.2) is 29.2 Å². The maximum absolute atomic E-state index is 12.3. The molecule has 0 saturated carbocycles. The van der Waals surface area contributed by atoms with Crippen molar-refractivity contribution < 1.29 is 23.1 Å². The molecule has 106 valence electrons. The summed E-state index contributed by atoms with van der Waals surface area (Å²) in [6.45, 7) is -0.425. The van der Waals surface area contributed by atoms with E-state index < -0.39 is 18.3 Å². The molecule has 0 aliphatic heterocycles. The molecule has 1 N–H and O–H groups in total. The first-order valence-corrected chi connectivity index (χ1v) is 6.84. The summed E-state index contributed by atoms with van der Waals surface area (Å²) in [6, 6.07) is 5.04. The van der Waals surface area contributed by atoms with Crippen LogP contribution in [-0.2, 0) is 11.0 Å². The second-order valence-corrected chi connectivity index (χ2v) is 5.19. The predicted molar refractivity (Wildman–Crippen MR) is 68.1 cm³/mol. The van der Waals surface area contributed by atoms with E-state index >= 15 is 0 Å². The lowest BCUT2D eigenvalue weighted by Crippen LogP contribution is -2.04. The van der Waals surface area contributed by atoms with Gasteiger partial charge in [0.15, 0.2) is 5.78 Å². The number of aliphatic hydroxyl groups excluding tert-OH is 1. The fourth-order valence-electron chi connectivity index (χ4n) is 1.43. The van der Waals surface area contributed by atoms with Gasteiger partial charge in [0.1, 0.15) is 6.61 Å². The average Bonchev–Trinajstić information content (AvgIpc) is 2.37. The molecule has 0 saturated heterocycles. The molecule has 6 heteroatoms. The molecule has 1 rings (SSSR count). The highest BCUT2D eigenvalue weighted by Crippen LogP contribution is 2.30. The van der Waals surface area contributed by atoms with Crippen LogP contribution in [0.2, 0.25) is 0 Å². The van der Waals surface area contributed by atoms with Crippen LogP contribution in [0.3, 0.4) is 0 Å². The number of aliphatic hydroxyl groups is 1. The predicted octanol–water partition coefficient (Wildman–Crippen LogP) is 3.53. The van der Waals surface area contributed by atoms with E-state index in [4.69, 9.17) is 5.11 Å². The molecule has 0 fully saturated rings. The van der Waals surface area contributed by atoms with Gasteiger partial charge < -0.3 is 5.11 Å². The molecule has 0 atom stereocenters. The molecular weight excluding hydrogens is 277 g/mol. The molecule has 0 amide bonds. The Morgan fingerprint density at radius 3 is 2.32 bits per heavy atom. The van der Waals surface area contributed by atoms with Gasteiger partial charge in [-0.05, 0) is 42.9 Å². The van der Waals surface area contributed by atoms with E-state index in [1.54, 1.807) is 0 Å². The molecule has 1 aromatic rings. The summed E-state index contributed by atoms with van der Waals surface area (Å²) in [6.07, 6.45) is -2.47. The minimum absolute atomic E-state index is 0.181. The second-order valence-electron chi connectivity index (χ2n) is 4.02. The smallest absolute Gasteiger partial charge is 0.389 e. The third-order valence-corrected chi connectivity index (χ3v) is 3.57. The molecule has 2 nitrogen and oxygen atoms in total. The van der Waals surface area contributed by atoms with Crippen LogP contribution in [0.1, 0.15) is 24.8 Å². The third-order valence-electron chi connectivity index (χ3n) is 2.48. The zero-order valence-electron chi connectivity index (χ0n) is 10.2. The van der Waals surface area contributed by atoms with E-state index in [-0.39, 0.29) is 5.78 Å². The molecule has 19 heavy (non-hydrogen) atoms. The molecule has 0 spiro atoms. The highest BCUT2D eigenvalue weighted by atomic mass is 32.2. The number of alkyl halides is 3. The molecule has 0 heterocycles. The van der Waals surface area contributed by atoms with Crippen LogP contribution in [0.5, 0.6) is 0 Å². The Bertz CT molecular complexity index is 401. The molecular formula is C13H15F3O2S. The topological polar surface area (TPSA) is 37.3 Å². The van der Waals surface area contributed by atoms with Crippen molar-refractivity contribution in [3.63, 3.8) is 0 Å². The van der Waals surface area contributed by atoms with Crippen molar-refractivity contribution in [2.24, 2.45) is 0 Å². The van der Waals surface area contributed by atoms with Crippen molar-refractivity contribution in [2.75, 3.05) is 12.4 Å². The van der Waals surface area contributed by atoms with E-state index in [0.717, 1.165) is 29.2 Å². The van der Waals surface area contributed by atoms with Gasteiger partial charge in [-0.15, -0.1) is 11.8 Å². The van der Waals surface area contributed by atoms with E-state index in [1.165, 1.54) is 23.9 Å². The maximum atomic E-state index is 12.3. The van der Waals surface area contributed by atoms with Crippen molar-refractivity contribution in [1.29, 1.82) is 0 Å². The second kappa shape index (κ2) is 7.55. The number of unbranched alkanes of at least 4 members (excludes halogenated alkanes) is 1. The minimum Gasteiger partial charge on any atom is -0.389 e. The Kier molecular flexibility index (Phi) is 6.37. The van der Waals surface area contributed by atoms with Crippen molar-refractivity contribution in [3.8, 4) is 0 Å². The number of hydrogen-bond acceptors (Lipinski definition) is 3. The summed E-state index contributed by atoms with van der Waals surface area (Å²) >= 11 is 1.46. The van der Waals surface area contributed by atoms with Gasteiger partial charge in [0.05, 0.1) is 5.56 Å². The third kappa shape index (κ3) is 6.11. The van der Waals surface area contributed by atoms with Gasteiger partial charge >= 0.3 is 6.18 Å². The molecule has 0 bridgehead atoms. The monoisotopic (exact) mass is 292 g/mol. The quantitative estimate of drug-likeness (QED) is 0.617. The molecule has 0 radical (unpaired) electrons. The highest BCUT2D eigenvalue weighted by molar-refractivity contribution is 7.99.